The summed E-state index contributed by atoms with van der Waals surface area (Å²) < 4.78 is 24.5. The Labute approximate surface area is 160 Å². The highest BCUT2D eigenvalue weighted by Crippen LogP contribution is 2.37. The molecule has 1 aliphatic rings. The van der Waals surface area contributed by atoms with E-state index < -0.39 is 11.8 Å². The van der Waals surface area contributed by atoms with Crippen molar-refractivity contribution in [2.24, 2.45) is 0 Å². The number of halogens is 1. The van der Waals surface area contributed by atoms with Gasteiger partial charge in [-0.2, -0.15) is 0 Å². The van der Waals surface area contributed by atoms with Crippen LogP contribution in [-0.2, 0) is 0 Å². The second kappa shape index (κ2) is 7.12. The number of Topliss-reactive ketones (excluding diaryl/α,β-unsaturated/α-hetero) is 1. The fourth-order valence-electron chi connectivity index (χ4n) is 3.02. The van der Waals surface area contributed by atoms with Crippen LogP contribution in [0.1, 0.15) is 31.8 Å². The second-order valence-corrected chi connectivity index (χ2v) is 6.36. The highest BCUT2D eigenvalue weighted by Gasteiger charge is 2.30. The summed E-state index contributed by atoms with van der Waals surface area (Å²) in [5.41, 5.74) is 1.97. The molecule has 0 aliphatic carbocycles. The monoisotopic (exact) mass is 374 g/mol. The lowest BCUT2D eigenvalue weighted by molar-refractivity contribution is 0.0734. The molecule has 1 aliphatic heterocycles. The van der Waals surface area contributed by atoms with E-state index in [-0.39, 0.29) is 17.3 Å². The summed E-state index contributed by atoms with van der Waals surface area (Å²) in [6, 6.07) is 17.6. The van der Waals surface area contributed by atoms with E-state index >= 15 is 0 Å². The quantitative estimate of drug-likeness (QED) is 0.369. The van der Waals surface area contributed by atoms with Gasteiger partial charge in [-0.05, 0) is 54.5 Å². The largest absolute Gasteiger partial charge is 0.452 e. The van der Waals surface area contributed by atoms with E-state index in [4.69, 9.17) is 9.47 Å². The minimum Gasteiger partial charge on any atom is -0.452 e. The molecule has 3 aromatic carbocycles. The van der Waals surface area contributed by atoms with Crippen LogP contribution in [-0.4, -0.2) is 11.8 Å². The third-order valence-electron chi connectivity index (χ3n) is 4.31. The van der Waals surface area contributed by atoms with Gasteiger partial charge in [0.1, 0.15) is 17.3 Å². The number of allylic oxidation sites excluding steroid dienone is 1. The van der Waals surface area contributed by atoms with Crippen molar-refractivity contribution >= 4 is 17.8 Å². The van der Waals surface area contributed by atoms with Crippen molar-refractivity contribution < 1.29 is 23.5 Å². The van der Waals surface area contributed by atoms with E-state index in [1.54, 1.807) is 49.4 Å². The minimum absolute atomic E-state index is 0.0928. The zero-order chi connectivity index (χ0) is 19.7. The number of rotatable bonds is 3. The van der Waals surface area contributed by atoms with Crippen molar-refractivity contribution in [1.82, 2.24) is 0 Å². The molecule has 4 nitrogen and oxygen atoms in total. The highest BCUT2D eigenvalue weighted by atomic mass is 19.1. The van der Waals surface area contributed by atoms with E-state index in [1.165, 1.54) is 24.3 Å². The number of ether oxygens (including phenoxy) is 2. The first-order chi connectivity index (χ1) is 13.5. The Morgan fingerprint density at radius 3 is 2.57 bits per heavy atom. The van der Waals surface area contributed by atoms with Crippen LogP contribution in [0.2, 0.25) is 0 Å². The maximum absolute atomic E-state index is 13.4. The number of carbonyl (C=O) groups excluding carboxylic acids is 2. The number of benzene rings is 3. The highest BCUT2D eigenvalue weighted by molar-refractivity contribution is 6.15. The molecule has 0 bridgehead atoms. The maximum Gasteiger partial charge on any atom is 0.343 e. The first-order valence-corrected chi connectivity index (χ1v) is 8.63. The Kier molecular flexibility index (Phi) is 4.49. The van der Waals surface area contributed by atoms with Gasteiger partial charge in [-0.15, -0.1) is 0 Å². The lowest BCUT2D eigenvalue weighted by atomic mass is 10.0. The molecule has 0 spiro atoms. The van der Waals surface area contributed by atoms with Crippen LogP contribution >= 0.6 is 0 Å². The Hall–Kier alpha value is -3.73. The van der Waals surface area contributed by atoms with Gasteiger partial charge in [0.2, 0.25) is 5.78 Å². The molecular weight excluding hydrogens is 359 g/mol. The molecule has 0 saturated carbocycles. The fourth-order valence-corrected chi connectivity index (χ4v) is 3.02. The molecule has 0 amide bonds. The van der Waals surface area contributed by atoms with Crippen LogP contribution in [0.3, 0.4) is 0 Å². The zero-order valence-corrected chi connectivity index (χ0v) is 14.9. The van der Waals surface area contributed by atoms with Gasteiger partial charge in [-0.25, -0.2) is 9.18 Å². The average molecular weight is 374 g/mol. The number of hydrogen-bond donors (Lipinski definition) is 0. The maximum atomic E-state index is 13.4. The molecule has 0 N–H and O–H groups in total. The predicted octanol–water partition coefficient (Wildman–Crippen LogP) is 4.97. The van der Waals surface area contributed by atoms with Crippen molar-refractivity contribution in [2.75, 3.05) is 0 Å². The SMILES string of the molecule is Cc1cc(OC(=O)c2ccccc2)cc2c1C(=O)/C(=C/c1cccc(F)c1)O2. The molecule has 4 rings (SSSR count). The number of fused-ring (bicyclic) bond motifs is 1. The summed E-state index contributed by atoms with van der Waals surface area (Å²) in [5, 5.41) is 0. The molecule has 5 heteroatoms. The lowest BCUT2D eigenvalue weighted by Gasteiger charge is -2.07. The first-order valence-electron chi connectivity index (χ1n) is 8.63. The molecular formula is C23H15FO4. The van der Waals surface area contributed by atoms with Gasteiger partial charge in [-0.3, -0.25) is 4.79 Å². The minimum atomic E-state index is -0.500. The van der Waals surface area contributed by atoms with Gasteiger partial charge in [0.05, 0.1) is 11.1 Å². The molecule has 0 atom stereocenters. The zero-order valence-electron chi connectivity index (χ0n) is 14.9. The Balaban J connectivity index is 1.62. The van der Waals surface area contributed by atoms with Crippen LogP contribution in [0.5, 0.6) is 11.5 Å². The number of aryl methyl sites for hydroxylation is 1. The average Bonchev–Trinajstić information content (AvgIpc) is 2.98. The molecule has 0 aromatic heterocycles. The number of ketones is 1. The van der Waals surface area contributed by atoms with Gasteiger partial charge < -0.3 is 9.47 Å². The van der Waals surface area contributed by atoms with Crippen LogP contribution in [0.4, 0.5) is 4.39 Å². The van der Waals surface area contributed by atoms with Crippen molar-refractivity contribution in [3.63, 3.8) is 0 Å². The third kappa shape index (κ3) is 3.42. The molecule has 1 heterocycles. The van der Waals surface area contributed by atoms with Gasteiger partial charge in [-0.1, -0.05) is 30.3 Å². The van der Waals surface area contributed by atoms with E-state index in [1.807, 2.05) is 6.07 Å². The van der Waals surface area contributed by atoms with Crippen LogP contribution in [0, 0.1) is 12.7 Å². The number of esters is 1. The summed E-state index contributed by atoms with van der Waals surface area (Å²) in [7, 11) is 0. The van der Waals surface area contributed by atoms with Gasteiger partial charge in [0, 0.05) is 6.07 Å². The van der Waals surface area contributed by atoms with E-state index in [0.717, 1.165) is 0 Å². The summed E-state index contributed by atoms with van der Waals surface area (Å²) in [6.45, 7) is 1.74. The topological polar surface area (TPSA) is 52.6 Å². The van der Waals surface area contributed by atoms with Gasteiger partial charge >= 0.3 is 5.97 Å². The summed E-state index contributed by atoms with van der Waals surface area (Å²) in [6.07, 6.45) is 1.49. The molecule has 138 valence electrons. The van der Waals surface area contributed by atoms with Gasteiger partial charge in [0.15, 0.2) is 5.76 Å². The third-order valence-corrected chi connectivity index (χ3v) is 4.31. The Morgan fingerprint density at radius 2 is 1.82 bits per heavy atom. The van der Waals surface area contributed by atoms with E-state index in [9.17, 15) is 14.0 Å². The predicted molar refractivity (Wildman–Crippen MR) is 102 cm³/mol. The molecule has 0 radical (unpaired) electrons. The van der Waals surface area contributed by atoms with E-state index in [2.05, 4.69) is 0 Å². The van der Waals surface area contributed by atoms with Crippen molar-refractivity contribution in [3.05, 3.63) is 101 Å². The van der Waals surface area contributed by atoms with E-state index in [0.29, 0.717) is 28.0 Å². The van der Waals surface area contributed by atoms with Gasteiger partial charge in [0.25, 0.3) is 0 Å². The summed E-state index contributed by atoms with van der Waals surface area (Å²) in [5.74, 6) is -0.509. The van der Waals surface area contributed by atoms with Crippen molar-refractivity contribution in [2.45, 2.75) is 6.92 Å². The standard InChI is InChI=1S/C23H15FO4/c1-14-10-18(27-23(26)16-7-3-2-4-8-16)13-19-21(14)22(25)20(28-19)12-15-6-5-9-17(24)11-15/h2-13H,1H3/b20-12-. The van der Waals surface area contributed by atoms with Crippen molar-refractivity contribution in [1.29, 1.82) is 0 Å². The second-order valence-electron chi connectivity index (χ2n) is 6.36. The molecule has 28 heavy (non-hydrogen) atoms. The Morgan fingerprint density at radius 1 is 1.04 bits per heavy atom. The number of carbonyl (C=O) groups is 2. The molecule has 0 fully saturated rings. The number of hydrogen-bond acceptors (Lipinski definition) is 4. The van der Waals surface area contributed by atoms with Crippen molar-refractivity contribution in [3.8, 4) is 11.5 Å². The lowest BCUT2D eigenvalue weighted by Crippen LogP contribution is -2.08. The first kappa shape index (κ1) is 17.7. The van der Waals surface area contributed by atoms with Crippen LogP contribution < -0.4 is 9.47 Å². The molecule has 3 aromatic rings. The van der Waals surface area contributed by atoms with Crippen LogP contribution in [0.25, 0.3) is 6.08 Å². The Bertz CT molecular complexity index is 1120. The van der Waals surface area contributed by atoms with Crippen LogP contribution in [0.15, 0.2) is 72.5 Å². The molecule has 0 saturated heterocycles. The summed E-state index contributed by atoms with van der Waals surface area (Å²) in [4.78, 5) is 24.9. The normalized spacial score (nSPS) is 13.9. The smallest absolute Gasteiger partial charge is 0.343 e. The fraction of sp³-hybridized carbons (Fsp3) is 0.0435. The molecule has 0 unspecified atom stereocenters. The summed E-state index contributed by atoms with van der Waals surface area (Å²) >= 11 is 0.